The van der Waals surface area contributed by atoms with Crippen molar-refractivity contribution in [3.05, 3.63) is 17.3 Å². The normalized spacial score (nSPS) is 17.4. The molecule has 0 aromatic carbocycles. The average Bonchev–Trinajstić information content (AvgIpc) is 2.06. The highest BCUT2D eigenvalue weighted by atomic mass is 35.5. The van der Waals surface area contributed by atoms with Gasteiger partial charge in [0, 0.05) is 23.9 Å². The first-order valence-electron chi connectivity index (χ1n) is 5.21. The minimum atomic E-state index is -0.621. The van der Waals surface area contributed by atoms with Gasteiger partial charge >= 0.3 is 0 Å². The topological polar surface area (TPSA) is 36.4 Å². The van der Waals surface area contributed by atoms with Crippen LogP contribution < -0.4 is 4.90 Å². The maximum Gasteiger partial charge on any atom is 0.144 e. The van der Waals surface area contributed by atoms with Gasteiger partial charge in [0.1, 0.15) is 11.0 Å². The van der Waals surface area contributed by atoms with Crippen LogP contribution in [0.3, 0.4) is 0 Å². The number of anilines is 1. The molecule has 1 aliphatic heterocycles. The van der Waals surface area contributed by atoms with E-state index in [4.69, 9.17) is 11.6 Å². The van der Waals surface area contributed by atoms with Gasteiger partial charge in [0.2, 0.25) is 0 Å². The molecule has 1 saturated heterocycles. The van der Waals surface area contributed by atoms with Crippen molar-refractivity contribution in [3.8, 4) is 0 Å². The van der Waals surface area contributed by atoms with E-state index in [1.165, 1.54) is 0 Å². The average molecular weight is 259 g/mol. The molecule has 0 aliphatic carbocycles. The molecule has 0 saturated carbocycles. The van der Waals surface area contributed by atoms with E-state index in [0.29, 0.717) is 16.0 Å². The minimum Gasteiger partial charge on any atom is -0.390 e. The van der Waals surface area contributed by atoms with Crippen molar-refractivity contribution in [2.24, 2.45) is 5.92 Å². The number of hydrogen-bond acceptors (Lipinski definition) is 4. The van der Waals surface area contributed by atoms with Crippen LogP contribution in [0.2, 0.25) is 5.15 Å². The first-order chi connectivity index (χ1) is 7.38. The summed E-state index contributed by atoms with van der Waals surface area (Å²) in [5.41, 5.74) is -0.621. The molecule has 1 aromatic heterocycles. The third-order valence-corrected chi connectivity index (χ3v) is 3.80. The Balaban J connectivity index is 2.04. The summed E-state index contributed by atoms with van der Waals surface area (Å²) in [6.07, 6.45) is 0. The highest BCUT2D eigenvalue weighted by Crippen LogP contribution is 2.31. The standard InChI is InChI=1S/C11H15ClN2OS/c1-11(2,15)7-5-14(6-7)9-4-3-8(16)10(12)13-9/h3-4,7,15-16H,5-6H2,1-2H3. The molecule has 2 heterocycles. The number of rotatable bonds is 2. The van der Waals surface area contributed by atoms with E-state index < -0.39 is 5.60 Å². The van der Waals surface area contributed by atoms with Crippen LogP contribution in [0.25, 0.3) is 0 Å². The lowest BCUT2D eigenvalue weighted by atomic mass is 9.84. The molecular formula is C11H15ClN2OS. The van der Waals surface area contributed by atoms with Crippen LogP contribution in [0, 0.1) is 5.92 Å². The van der Waals surface area contributed by atoms with Crippen LogP contribution in [0.4, 0.5) is 5.82 Å². The van der Waals surface area contributed by atoms with E-state index in [1.54, 1.807) is 0 Å². The molecule has 2 rings (SSSR count). The Morgan fingerprint density at radius 3 is 2.62 bits per heavy atom. The lowest BCUT2D eigenvalue weighted by Crippen LogP contribution is -2.56. The van der Waals surface area contributed by atoms with Crippen LogP contribution >= 0.6 is 24.2 Å². The fourth-order valence-electron chi connectivity index (χ4n) is 1.71. The summed E-state index contributed by atoms with van der Waals surface area (Å²) in [4.78, 5) is 7.03. The van der Waals surface area contributed by atoms with Crippen molar-refractivity contribution >= 4 is 30.0 Å². The Morgan fingerprint density at radius 1 is 1.50 bits per heavy atom. The van der Waals surface area contributed by atoms with Gasteiger partial charge in [0.15, 0.2) is 0 Å². The van der Waals surface area contributed by atoms with Crippen LogP contribution in [-0.2, 0) is 0 Å². The van der Waals surface area contributed by atoms with Gasteiger partial charge in [-0.15, -0.1) is 12.6 Å². The van der Waals surface area contributed by atoms with Gasteiger partial charge in [0.25, 0.3) is 0 Å². The van der Waals surface area contributed by atoms with E-state index in [1.807, 2.05) is 26.0 Å². The maximum absolute atomic E-state index is 9.82. The van der Waals surface area contributed by atoms with E-state index in [2.05, 4.69) is 22.5 Å². The molecule has 0 radical (unpaired) electrons. The van der Waals surface area contributed by atoms with Gasteiger partial charge in [-0.25, -0.2) is 4.98 Å². The number of aromatic nitrogens is 1. The summed E-state index contributed by atoms with van der Waals surface area (Å²) in [6.45, 7) is 5.32. The van der Waals surface area contributed by atoms with Crippen LogP contribution in [0.1, 0.15) is 13.8 Å². The predicted molar refractivity (Wildman–Crippen MR) is 68.5 cm³/mol. The SMILES string of the molecule is CC(C)(O)C1CN(c2ccc(S)c(Cl)n2)C1. The highest BCUT2D eigenvalue weighted by Gasteiger charge is 2.38. The molecule has 1 aromatic rings. The summed E-state index contributed by atoms with van der Waals surface area (Å²) < 4.78 is 0. The molecule has 0 atom stereocenters. The van der Waals surface area contributed by atoms with Crippen molar-refractivity contribution < 1.29 is 5.11 Å². The number of nitrogens with zero attached hydrogens (tertiary/aromatic N) is 2. The molecule has 88 valence electrons. The van der Waals surface area contributed by atoms with Gasteiger partial charge in [0.05, 0.1) is 5.60 Å². The van der Waals surface area contributed by atoms with Crippen LogP contribution in [-0.4, -0.2) is 28.8 Å². The fourth-order valence-corrected chi connectivity index (χ4v) is 1.98. The number of pyridine rings is 1. The monoisotopic (exact) mass is 258 g/mol. The Morgan fingerprint density at radius 2 is 2.12 bits per heavy atom. The van der Waals surface area contributed by atoms with Gasteiger partial charge in [-0.2, -0.15) is 0 Å². The molecule has 0 unspecified atom stereocenters. The Bertz CT molecular complexity index is 399. The highest BCUT2D eigenvalue weighted by molar-refractivity contribution is 7.80. The second kappa shape index (κ2) is 4.09. The van der Waals surface area contributed by atoms with E-state index >= 15 is 0 Å². The zero-order chi connectivity index (χ0) is 11.9. The van der Waals surface area contributed by atoms with Gasteiger partial charge < -0.3 is 10.0 Å². The van der Waals surface area contributed by atoms with Gasteiger partial charge in [-0.1, -0.05) is 11.6 Å². The third kappa shape index (κ3) is 2.29. The first kappa shape index (κ1) is 12.0. The molecule has 0 amide bonds. The Labute approximate surface area is 106 Å². The maximum atomic E-state index is 9.82. The largest absolute Gasteiger partial charge is 0.390 e. The van der Waals surface area contributed by atoms with E-state index in [0.717, 1.165) is 18.9 Å². The van der Waals surface area contributed by atoms with Crippen molar-refractivity contribution in [3.63, 3.8) is 0 Å². The Hall–Kier alpha value is -0.450. The fraction of sp³-hybridized carbons (Fsp3) is 0.545. The summed E-state index contributed by atoms with van der Waals surface area (Å²) in [7, 11) is 0. The zero-order valence-corrected chi connectivity index (χ0v) is 11.0. The van der Waals surface area contributed by atoms with Crippen molar-refractivity contribution in [2.45, 2.75) is 24.3 Å². The third-order valence-electron chi connectivity index (χ3n) is 3.02. The smallest absolute Gasteiger partial charge is 0.144 e. The quantitative estimate of drug-likeness (QED) is 0.631. The van der Waals surface area contributed by atoms with Crippen LogP contribution in [0.15, 0.2) is 17.0 Å². The van der Waals surface area contributed by atoms with Crippen LogP contribution in [0.5, 0.6) is 0 Å². The van der Waals surface area contributed by atoms with Crippen molar-refractivity contribution in [1.29, 1.82) is 0 Å². The van der Waals surface area contributed by atoms with Gasteiger partial charge in [-0.3, -0.25) is 0 Å². The summed E-state index contributed by atoms with van der Waals surface area (Å²) in [5.74, 6) is 1.15. The number of thiol groups is 1. The molecule has 0 bridgehead atoms. The summed E-state index contributed by atoms with van der Waals surface area (Å²) in [5, 5.41) is 10.2. The second-order valence-corrected chi connectivity index (χ2v) is 5.57. The molecular weight excluding hydrogens is 244 g/mol. The molecule has 0 spiro atoms. The number of halogens is 1. The molecule has 3 nitrogen and oxygen atoms in total. The first-order valence-corrected chi connectivity index (χ1v) is 6.03. The molecule has 1 aliphatic rings. The molecule has 16 heavy (non-hydrogen) atoms. The van der Waals surface area contributed by atoms with E-state index in [9.17, 15) is 5.11 Å². The summed E-state index contributed by atoms with van der Waals surface area (Å²) in [6, 6.07) is 3.74. The summed E-state index contributed by atoms with van der Waals surface area (Å²) >= 11 is 10.1. The second-order valence-electron chi connectivity index (χ2n) is 4.73. The lowest BCUT2D eigenvalue weighted by molar-refractivity contribution is 0.00439. The molecule has 5 heteroatoms. The Kier molecular flexibility index (Phi) is 3.07. The predicted octanol–water partition coefficient (Wildman–Crippen LogP) is 2.23. The number of aliphatic hydroxyl groups is 1. The number of hydrogen-bond donors (Lipinski definition) is 2. The van der Waals surface area contributed by atoms with E-state index in [-0.39, 0.29) is 0 Å². The van der Waals surface area contributed by atoms with Crippen molar-refractivity contribution in [2.75, 3.05) is 18.0 Å². The van der Waals surface area contributed by atoms with Gasteiger partial charge in [-0.05, 0) is 26.0 Å². The minimum absolute atomic E-state index is 0.295. The van der Waals surface area contributed by atoms with Crippen molar-refractivity contribution in [1.82, 2.24) is 4.98 Å². The molecule has 1 N–H and O–H groups in total. The lowest BCUT2D eigenvalue weighted by Gasteiger charge is -2.45. The zero-order valence-electron chi connectivity index (χ0n) is 9.31. The molecule has 1 fully saturated rings.